The van der Waals surface area contributed by atoms with E-state index in [0.717, 1.165) is 11.3 Å². The minimum Gasteiger partial charge on any atom is -0.367 e. The molecule has 1 aliphatic heterocycles. The molecule has 21 heavy (non-hydrogen) atoms. The van der Waals surface area contributed by atoms with Crippen molar-refractivity contribution < 1.29 is 18.0 Å². The molecule has 0 atom stereocenters. The average molecular weight is 332 g/mol. The number of carbonyl (C=O) groups excluding carboxylic acids is 1. The van der Waals surface area contributed by atoms with Gasteiger partial charge in [-0.15, -0.1) is 16.4 Å². The predicted octanol–water partition coefficient (Wildman–Crippen LogP) is 1.89. The normalized spacial score (nSPS) is 18.6. The Morgan fingerprint density at radius 1 is 1.38 bits per heavy atom. The number of aromatic nitrogens is 1. The van der Waals surface area contributed by atoms with Crippen molar-refractivity contribution in [3.8, 4) is 0 Å². The SMILES string of the molecule is CC(C)(C)C(=O)ON1CCC(S(=O)(=O)c2nccs2)CC1. The van der Waals surface area contributed by atoms with Crippen LogP contribution in [-0.4, -0.2) is 42.8 Å². The van der Waals surface area contributed by atoms with Crippen LogP contribution in [0.4, 0.5) is 0 Å². The number of carbonyl (C=O) groups is 1. The van der Waals surface area contributed by atoms with E-state index in [0.29, 0.717) is 25.9 Å². The summed E-state index contributed by atoms with van der Waals surface area (Å²) in [5.74, 6) is -0.302. The number of nitrogens with zero attached hydrogens (tertiary/aromatic N) is 2. The van der Waals surface area contributed by atoms with Gasteiger partial charge >= 0.3 is 5.97 Å². The summed E-state index contributed by atoms with van der Waals surface area (Å²) in [4.78, 5) is 21.0. The molecule has 0 bridgehead atoms. The predicted molar refractivity (Wildman–Crippen MR) is 79.4 cm³/mol. The molecule has 1 aromatic heterocycles. The molecular formula is C13H20N2O4S2. The van der Waals surface area contributed by atoms with E-state index < -0.39 is 20.5 Å². The van der Waals surface area contributed by atoms with Gasteiger partial charge in [-0.3, -0.25) is 0 Å². The molecule has 0 N–H and O–H groups in total. The van der Waals surface area contributed by atoms with Crippen LogP contribution in [0.3, 0.4) is 0 Å². The Bertz CT molecular complexity index is 582. The molecule has 2 heterocycles. The van der Waals surface area contributed by atoms with Crippen LogP contribution >= 0.6 is 11.3 Å². The molecule has 1 aliphatic rings. The second-order valence-electron chi connectivity index (χ2n) is 6.10. The Labute approximate surface area is 129 Å². The lowest BCUT2D eigenvalue weighted by molar-refractivity contribution is -0.203. The zero-order valence-electron chi connectivity index (χ0n) is 12.4. The zero-order valence-corrected chi connectivity index (χ0v) is 14.0. The molecule has 1 fully saturated rings. The third-order valence-corrected chi connectivity index (χ3v) is 6.81. The van der Waals surface area contributed by atoms with Gasteiger partial charge in [-0.1, -0.05) is 0 Å². The minimum atomic E-state index is -3.36. The van der Waals surface area contributed by atoms with E-state index in [1.165, 1.54) is 6.20 Å². The Kier molecular flexibility index (Phi) is 4.69. The fourth-order valence-corrected chi connectivity index (χ4v) is 4.78. The standard InChI is InChI=1S/C13H20N2O4S2/c1-13(2,3)11(16)19-15-7-4-10(5-8-15)21(17,18)12-14-6-9-20-12/h6,9-10H,4-5,7-8H2,1-3H3. The lowest BCUT2D eigenvalue weighted by atomic mass is 9.98. The highest BCUT2D eigenvalue weighted by Crippen LogP contribution is 2.26. The lowest BCUT2D eigenvalue weighted by Crippen LogP contribution is -2.42. The quantitative estimate of drug-likeness (QED) is 0.841. The van der Waals surface area contributed by atoms with Crippen LogP contribution in [0.1, 0.15) is 33.6 Å². The first-order valence-electron chi connectivity index (χ1n) is 6.82. The average Bonchev–Trinajstić information content (AvgIpc) is 2.92. The number of sulfone groups is 1. The number of hydrogen-bond donors (Lipinski definition) is 0. The molecule has 0 aliphatic carbocycles. The van der Waals surface area contributed by atoms with Gasteiger partial charge in [0.25, 0.3) is 0 Å². The van der Waals surface area contributed by atoms with Gasteiger partial charge in [0.1, 0.15) is 0 Å². The minimum absolute atomic E-state index is 0.174. The molecule has 6 nitrogen and oxygen atoms in total. The molecule has 2 rings (SSSR count). The fourth-order valence-electron chi connectivity index (χ4n) is 1.98. The number of thiazole rings is 1. The van der Waals surface area contributed by atoms with Crippen molar-refractivity contribution in [2.45, 2.75) is 43.2 Å². The Hall–Kier alpha value is -0.990. The van der Waals surface area contributed by atoms with Gasteiger partial charge < -0.3 is 4.84 Å². The topological polar surface area (TPSA) is 76.6 Å². The number of hydroxylamine groups is 2. The Morgan fingerprint density at radius 2 is 2.00 bits per heavy atom. The van der Waals surface area contributed by atoms with Gasteiger partial charge in [0, 0.05) is 24.7 Å². The summed E-state index contributed by atoms with van der Waals surface area (Å²) in [6.07, 6.45) is 2.39. The van der Waals surface area contributed by atoms with E-state index in [1.54, 1.807) is 31.2 Å². The number of rotatable bonds is 3. The smallest absolute Gasteiger partial charge is 0.330 e. The van der Waals surface area contributed by atoms with Gasteiger partial charge in [-0.05, 0) is 33.6 Å². The molecule has 0 aromatic carbocycles. The maximum Gasteiger partial charge on any atom is 0.330 e. The van der Waals surface area contributed by atoms with Crippen LogP contribution < -0.4 is 0 Å². The van der Waals surface area contributed by atoms with Crippen molar-refractivity contribution in [3.63, 3.8) is 0 Å². The van der Waals surface area contributed by atoms with Crippen LogP contribution in [0.25, 0.3) is 0 Å². The van der Waals surface area contributed by atoms with E-state index in [-0.39, 0.29) is 10.3 Å². The zero-order chi connectivity index (χ0) is 15.7. The highest BCUT2D eigenvalue weighted by atomic mass is 32.2. The summed E-state index contributed by atoms with van der Waals surface area (Å²) in [6, 6.07) is 0. The van der Waals surface area contributed by atoms with Gasteiger partial charge in [-0.2, -0.15) is 0 Å². The fraction of sp³-hybridized carbons (Fsp3) is 0.692. The summed E-state index contributed by atoms with van der Waals surface area (Å²) in [7, 11) is -3.36. The monoisotopic (exact) mass is 332 g/mol. The molecule has 0 amide bonds. The summed E-state index contributed by atoms with van der Waals surface area (Å²) < 4.78 is 24.9. The molecule has 8 heteroatoms. The van der Waals surface area contributed by atoms with Crippen LogP contribution in [0.15, 0.2) is 15.9 Å². The second-order valence-corrected chi connectivity index (χ2v) is 9.40. The molecule has 1 aromatic rings. The summed E-state index contributed by atoms with van der Waals surface area (Å²) >= 11 is 1.14. The van der Waals surface area contributed by atoms with Gasteiger partial charge in [-0.25, -0.2) is 18.2 Å². The van der Waals surface area contributed by atoms with Crippen molar-refractivity contribution >= 4 is 27.1 Å². The first-order valence-corrected chi connectivity index (χ1v) is 9.24. The van der Waals surface area contributed by atoms with Crippen molar-refractivity contribution in [1.29, 1.82) is 0 Å². The van der Waals surface area contributed by atoms with E-state index in [9.17, 15) is 13.2 Å². The van der Waals surface area contributed by atoms with Gasteiger partial charge in [0.05, 0.1) is 10.7 Å². The first-order chi connectivity index (χ1) is 9.71. The van der Waals surface area contributed by atoms with E-state index >= 15 is 0 Å². The van der Waals surface area contributed by atoms with Gasteiger partial charge in [0.2, 0.25) is 14.2 Å². The third kappa shape index (κ3) is 3.81. The molecule has 0 spiro atoms. The molecule has 118 valence electrons. The molecule has 0 radical (unpaired) electrons. The summed E-state index contributed by atoms with van der Waals surface area (Å²) in [5.41, 5.74) is -0.566. The van der Waals surface area contributed by atoms with Crippen LogP contribution in [0.2, 0.25) is 0 Å². The molecular weight excluding hydrogens is 312 g/mol. The molecule has 1 saturated heterocycles. The van der Waals surface area contributed by atoms with Crippen molar-refractivity contribution in [3.05, 3.63) is 11.6 Å². The Balaban J connectivity index is 1.94. The van der Waals surface area contributed by atoms with Crippen LogP contribution in [-0.2, 0) is 19.5 Å². The summed E-state index contributed by atoms with van der Waals surface area (Å²) in [5, 5.41) is 2.77. The maximum atomic E-state index is 12.4. The Morgan fingerprint density at radius 3 is 2.48 bits per heavy atom. The first kappa shape index (κ1) is 16.4. The summed E-state index contributed by atoms with van der Waals surface area (Å²) in [6.45, 7) is 6.22. The third-order valence-electron chi connectivity index (χ3n) is 3.32. The highest BCUT2D eigenvalue weighted by molar-refractivity contribution is 7.93. The second kappa shape index (κ2) is 6.02. The largest absolute Gasteiger partial charge is 0.367 e. The van der Waals surface area contributed by atoms with Crippen molar-refractivity contribution in [2.75, 3.05) is 13.1 Å². The molecule has 0 saturated carbocycles. The van der Waals surface area contributed by atoms with E-state index in [4.69, 9.17) is 4.84 Å². The van der Waals surface area contributed by atoms with Crippen LogP contribution in [0.5, 0.6) is 0 Å². The number of piperidine rings is 1. The van der Waals surface area contributed by atoms with Crippen molar-refractivity contribution in [1.82, 2.24) is 10.0 Å². The van der Waals surface area contributed by atoms with Gasteiger partial charge in [0.15, 0.2) is 0 Å². The maximum absolute atomic E-state index is 12.4. The highest BCUT2D eigenvalue weighted by Gasteiger charge is 2.35. The molecule has 0 unspecified atom stereocenters. The number of hydrogen-bond acceptors (Lipinski definition) is 7. The van der Waals surface area contributed by atoms with E-state index in [1.807, 2.05) is 0 Å². The van der Waals surface area contributed by atoms with Crippen molar-refractivity contribution in [2.24, 2.45) is 5.41 Å². The lowest BCUT2D eigenvalue weighted by Gasteiger charge is -2.31. The van der Waals surface area contributed by atoms with Crippen LogP contribution in [0, 0.1) is 5.41 Å². The van der Waals surface area contributed by atoms with E-state index in [2.05, 4.69) is 4.98 Å².